The van der Waals surface area contributed by atoms with Crippen LogP contribution in [0.5, 0.6) is 5.75 Å². The molecule has 2 aliphatic carbocycles. The summed E-state index contributed by atoms with van der Waals surface area (Å²) < 4.78 is 54.3. The predicted octanol–water partition coefficient (Wildman–Crippen LogP) is 7.37. The van der Waals surface area contributed by atoms with E-state index in [1.165, 1.54) is 55.7 Å². The lowest BCUT2D eigenvalue weighted by Crippen LogP contribution is -2.28. The van der Waals surface area contributed by atoms with E-state index < -0.39 is 17.9 Å². The van der Waals surface area contributed by atoms with Crippen LogP contribution < -0.4 is 4.74 Å². The minimum absolute atomic E-state index is 0.305. The summed E-state index contributed by atoms with van der Waals surface area (Å²) in [4.78, 5) is 0. The van der Waals surface area contributed by atoms with Crippen LogP contribution in [0.25, 0.3) is 0 Å². The molecule has 2 aromatic rings. The minimum Gasteiger partial charge on any atom is -0.403 e. The highest BCUT2D eigenvalue weighted by Crippen LogP contribution is 2.47. The number of rotatable bonds is 3. The summed E-state index contributed by atoms with van der Waals surface area (Å²) in [6, 6.07) is 9.56. The van der Waals surface area contributed by atoms with Crippen molar-refractivity contribution in [3.05, 3.63) is 64.5 Å². The molecule has 0 bridgehead atoms. The molecule has 0 heterocycles. The minimum atomic E-state index is -4.93. The van der Waals surface area contributed by atoms with Crippen LogP contribution in [-0.4, -0.2) is 6.36 Å². The average Bonchev–Trinajstić information content (AvgIpc) is 2.73. The second-order valence-corrected chi connectivity index (χ2v) is 8.73. The van der Waals surface area contributed by atoms with Gasteiger partial charge in [-0.3, -0.25) is 0 Å². The summed E-state index contributed by atoms with van der Waals surface area (Å²) in [7, 11) is 0. The van der Waals surface area contributed by atoms with Crippen LogP contribution in [0.1, 0.15) is 73.6 Å². The van der Waals surface area contributed by atoms with Crippen LogP contribution in [0, 0.1) is 29.5 Å². The number of aryl methyl sites for hydroxylation is 1. The highest BCUT2D eigenvalue weighted by Gasteiger charge is 2.35. The molecule has 5 heteroatoms. The second-order valence-electron chi connectivity index (χ2n) is 8.73. The van der Waals surface area contributed by atoms with Gasteiger partial charge in [0.05, 0.1) is 0 Å². The van der Waals surface area contributed by atoms with Crippen molar-refractivity contribution in [1.29, 1.82) is 0 Å². The van der Waals surface area contributed by atoms with Crippen LogP contribution in [0.15, 0.2) is 36.4 Å². The zero-order chi connectivity index (χ0) is 22.0. The molecule has 0 radical (unpaired) electrons. The van der Waals surface area contributed by atoms with Crippen molar-refractivity contribution in [3.8, 4) is 17.6 Å². The summed E-state index contributed by atoms with van der Waals surface area (Å²) >= 11 is 0. The summed E-state index contributed by atoms with van der Waals surface area (Å²) in [6.45, 7) is 2.27. The third-order valence-electron chi connectivity index (χ3n) is 6.62. The normalized spacial score (nSPS) is 22.7. The Bertz CT molecular complexity index is 999. The zero-order valence-electron chi connectivity index (χ0n) is 17.6. The zero-order valence-corrected chi connectivity index (χ0v) is 17.6. The quantitative estimate of drug-likeness (QED) is 0.365. The first-order chi connectivity index (χ1) is 14.8. The fourth-order valence-electron chi connectivity index (χ4n) is 5.29. The Balaban J connectivity index is 1.48. The van der Waals surface area contributed by atoms with Gasteiger partial charge in [-0.15, -0.1) is 13.2 Å². The van der Waals surface area contributed by atoms with Gasteiger partial charge in [0.25, 0.3) is 0 Å². The predicted molar refractivity (Wildman–Crippen MR) is 112 cm³/mol. The third kappa shape index (κ3) is 5.23. The third-order valence-corrected chi connectivity index (χ3v) is 6.62. The van der Waals surface area contributed by atoms with Crippen LogP contribution in [0.2, 0.25) is 0 Å². The van der Waals surface area contributed by atoms with Gasteiger partial charge < -0.3 is 4.74 Å². The topological polar surface area (TPSA) is 9.23 Å². The number of alkyl halides is 3. The number of hydrogen-bond acceptors (Lipinski definition) is 1. The Hall–Kier alpha value is -2.48. The lowest BCUT2D eigenvalue weighted by Gasteiger charge is -2.40. The molecule has 0 N–H and O–H groups in total. The van der Waals surface area contributed by atoms with Gasteiger partial charge in [-0.25, -0.2) is 4.39 Å². The van der Waals surface area contributed by atoms with Crippen molar-refractivity contribution in [2.45, 2.75) is 64.1 Å². The number of ether oxygens (including phenoxy) is 1. The first kappa shape index (κ1) is 21.7. The summed E-state index contributed by atoms with van der Waals surface area (Å²) in [5.41, 5.74) is 3.95. The molecule has 3 unspecified atom stereocenters. The second kappa shape index (κ2) is 8.94. The van der Waals surface area contributed by atoms with Gasteiger partial charge in [-0.05, 0) is 91.3 Å². The Morgan fingerprint density at radius 1 is 1.00 bits per heavy atom. The molecule has 0 amide bonds. The largest absolute Gasteiger partial charge is 0.573 e. The van der Waals surface area contributed by atoms with Crippen molar-refractivity contribution in [2.24, 2.45) is 11.8 Å². The maximum atomic E-state index is 13.9. The average molecular weight is 430 g/mol. The van der Waals surface area contributed by atoms with E-state index in [2.05, 4.69) is 35.6 Å². The van der Waals surface area contributed by atoms with Crippen LogP contribution in [-0.2, 0) is 6.42 Å². The van der Waals surface area contributed by atoms with Crippen molar-refractivity contribution >= 4 is 0 Å². The molecule has 1 fully saturated rings. The summed E-state index contributed by atoms with van der Waals surface area (Å²) in [5, 5.41) is 0. The Morgan fingerprint density at radius 2 is 1.74 bits per heavy atom. The van der Waals surface area contributed by atoms with E-state index in [-0.39, 0.29) is 0 Å². The molecule has 164 valence electrons. The summed E-state index contributed by atoms with van der Waals surface area (Å²) in [6.07, 6.45) is 3.89. The Labute approximate surface area is 180 Å². The van der Waals surface area contributed by atoms with E-state index in [1.54, 1.807) is 0 Å². The Morgan fingerprint density at radius 3 is 2.45 bits per heavy atom. The van der Waals surface area contributed by atoms with Gasteiger partial charge in [0.1, 0.15) is 0 Å². The molecule has 1 saturated carbocycles. The SMILES string of the molecule is CCCC1CCC2c3ccc(C#Cc4ccc(OC(F)(F)F)c(F)c4)cc3CCC2C1. The van der Waals surface area contributed by atoms with Gasteiger partial charge in [-0.2, -0.15) is 0 Å². The Kier molecular flexibility index (Phi) is 6.27. The van der Waals surface area contributed by atoms with E-state index in [0.717, 1.165) is 36.0 Å². The van der Waals surface area contributed by atoms with Gasteiger partial charge in [0.15, 0.2) is 11.6 Å². The highest BCUT2D eigenvalue weighted by molar-refractivity contribution is 5.48. The fraction of sp³-hybridized carbons (Fsp3) is 0.462. The molecule has 3 atom stereocenters. The first-order valence-electron chi connectivity index (χ1n) is 11.0. The van der Waals surface area contributed by atoms with Crippen LogP contribution in [0.3, 0.4) is 0 Å². The molecular weight excluding hydrogens is 404 g/mol. The van der Waals surface area contributed by atoms with Gasteiger partial charge >= 0.3 is 6.36 Å². The van der Waals surface area contributed by atoms with Gasteiger partial charge in [-0.1, -0.05) is 37.7 Å². The van der Waals surface area contributed by atoms with E-state index in [4.69, 9.17) is 0 Å². The number of fused-ring (bicyclic) bond motifs is 3. The van der Waals surface area contributed by atoms with Crippen molar-refractivity contribution in [3.63, 3.8) is 0 Å². The summed E-state index contributed by atoms with van der Waals surface area (Å²) in [5.74, 6) is 6.25. The standard InChI is InChI=1S/C26H26F4O/c1-2-3-17-6-11-22-20(14-17)9-10-21-15-18(7-12-23(21)22)4-5-19-8-13-25(24(27)16-19)31-26(28,29)30/h7-8,12-13,15-17,20,22H,2-3,6,9-11,14H2,1H3. The van der Waals surface area contributed by atoms with Crippen LogP contribution >= 0.6 is 0 Å². The molecule has 1 nitrogen and oxygen atoms in total. The smallest absolute Gasteiger partial charge is 0.403 e. The molecule has 2 aliphatic rings. The molecule has 2 aromatic carbocycles. The highest BCUT2D eigenvalue weighted by atomic mass is 19.4. The maximum Gasteiger partial charge on any atom is 0.573 e. The maximum absolute atomic E-state index is 13.9. The van der Waals surface area contributed by atoms with Gasteiger partial charge in [0, 0.05) is 11.1 Å². The van der Waals surface area contributed by atoms with E-state index in [9.17, 15) is 17.6 Å². The number of hydrogen-bond donors (Lipinski definition) is 0. The van der Waals surface area contributed by atoms with E-state index in [1.807, 2.05) is 6.07 Å². The number of halogens is 4. The molecule has 0 aliphatic heterocycles. The number of benzene rings is 2. The van der Waals surface area contributed by atoms with E-state index in [0.29, 0.717) is 11.5 Å². The molecular formula is C26H26F4O. The van der Waals surface area contributed by atoms with Gasteiger partial charge in [0.2, 0.25) is 0 Å². The molecule has 4 rings (SSSR count). The van der Waals surface area contributed by atoms with Crippen molar-refractivity contribution in [1.82, 2.24) is 0 Å². The fourth-order valence-corrected chi connectivity index (χ4v) is 5.29. The molecule has 0 saturated heterocycles. The van der Waals surface area contributed by atoms with Crippen molar-refractivity contribution < 1.29 is 22.3 Å². The lowest BCUT2D eigenvalue weighted by molar-refractivity contribution is -0.275. The van der Waals surface area contributed by atoms with Crippen molar-refractivity contribution in [2.75, 3.05) is 0 Å². The van der Waals surface area contributed by atoms with E-state index >= 15 is 0 Å². The lowest BCUT2D eigenvalue weighted by atomic mass is 9.64. The van der Waals surface area contributed by atoms with Crippen LogP contribution in [0.4, 0.5) is 17.6 Å². The molecule has 0 spiro atoms. The molecule has 31 heavy (non-hydrogen) atoms. The monoisotopic (exact) mass is 430 g/mol. The first-order valence-corrected chi connectivity index (χ1v) is 11.0. The molecule has 0 aromatic heterocycles.